The van der Waals surface area contributed by atoms with Gasteiger partial charge in [-0.25, -0.2) is 4.90 Å². The summed E-state index contributed by atoms with van der Waals surface area (Å²) in [7, 11) is 0. The summed E-state index contributed by atoms with van der Waals surface area (Å²) in [5.41, 5.74) is 1.06. The molecule has 3 fully saturated rings. The van der Waals surface area contributed by atoms with Gasteiger partial charge in [0.15, 0.2) is 0 Å². The van der Waals surface area contributed by atoms with Crippen LogP contribution in [0.5, 0.6) is 0 Å². The van der Waals surface area contributed by atoms with E-state index < -0.39 is 23.3 Å². The van der Waals surface area contributed by atoms with Gasteiger partial charge in [0.25, 0.3) is 5.91 Å². The summed E-state index contributed by atoms with van der Waals surface area (Å²) in [5, 5.41) is 3.74. The second-order valence-corrected chi connectivity index (χ2v) is 10.1. The van der Waals surface area contributed by atoms with E-state index in [1.165, 1.54) is 0 Å². The normalized spacial score (nSPS) is 30.8. The molecular formula is C23H18Cl3N3O3. The molecule has 32 heavy (non-hydrogen) atoms. The van der Waals surface area contributed by atoms with Gasteiger partial charge in [-0.2, -0.15) is 0 Å². The van der Waals surface area contributed by atoms with Crippen LogP contribution in [0.25, 0.3) is 0 Å². The number of aryl methyl sites for hydroxylation is 1. The quantitative estimate of drug-likeness (QED) is 0.602. The molecule has 4 aliphatic rings. The lowest BCUT2D eigenvalue weighted by molar-refractivity contribution is -0.135. The highest BCUT2D eigenvalue weighted by molar-refractivity contribution is 6.45. The summed E-state index contributed by atoms with van der Waals surface area (Å²) in [6.45, 7) is 2.53. The average Bonchev–Trinajstić information content (AvgIpc) is 3.44. The molecule has 0 bridgehead atoms. The van der Waals surface area contributed by atoms with Gasteiger partial charge < -0.3 is 5.32 Å². The molecule has 3 saturated heterocycles. The van der Waals surface area contributed by atoms with Gasteiger partial charge in [-0.05, 0) is 50.1 Å². The fourth-order valence-corrected chi connectivity index (χ4v) is 7.00. The lowest BCUT2D eigenvalue weighted by Gasteiger charge is -2.36. The molecule has 2 aromatic rings. The minimum Gasteiger partial charge on any atom is -0.323 e. The molecule has 9 heteroatoms. The number of hydrogen-bond donors (Lipinski definition) is 1. The van der Waals surface area contributed by atoms with E-state index in [0.29, 0.717) is 22.8 Å². The molecule has 1 N–H and O–H groups in total. The topological polar surface area (TPSA) is 69.7 Å². The van der Waals surface area contributed by atoms with Crippen molar-refractivity contribution < 1.29 is 14.4 Å². The van der Waals surface area contributed by atoms with E-state index in [1.54, 1.807) is 24.3 Å². The monoisotopic (exact) mass is 489 g/mol. The van der Waals surface area contributed by atoms with E-state index in [1.807, 2.05) is 13.0 Å². The predicted octanol–water partition coefficient (Wildman–Crippen LogP) is 4.39. The van der Waals surface area contributed by atoms with Crippen LogP contribution >= 0.6 is 34.8 Å². The number of halogens is 3. The van der Waals surface area contributed by atoms with Crippen LogP contribution in [-0.4, -0.2) is 35.2 Å². The Kier molecular flexibility index (Phi) is 4.29. The fourth-order valence-electron chi connectivity index (χ4n) is 6.30. The second kappa shape index (κ2) is 6.70. The number of hydrogen-bond acceptors (Lipinski definition) is 4. The molecule has 4 aliphatic heterocycles. The highest BCUT2D eigenvalue weighted by atomic mass is 35.5. The number of rotatable bonds is 1. The van der Waals surface area contributed by atoms with E-state index in [0.717, 1.165) is 23.3 Å². The molecular weight excluding hydrogens is 473 g/mol. The number of amides is 3. The number of carbonyl (C=O) groups excluding carboxylic acids is 3. The van der Waals surface area contributed by atoms with Crippen LogP contribution in [0.3, 0.4) is 0 Å². The zero-order valence-electron chi connectivity index (χ0n) is 17.0. The van der Waals surface area contributed by atoms with Gasteiger partial charge in [0.2, 0.25) is 11.8 Å². The molecule has 2 aromatic carbocycles. The first-order valence-electron chi connectivity index (χ1n) is 10.5. The third-order valence-electron chi connectivity index (χ3n) is 7.37. The molecule has 0 aromatic heterocycles. The number of imide groups is 1. The van der Waals surface area contributed by atoms with Crippen LogP contribution < -0.4 is 10.2 Å². The highest BCUT2D eigenvalue weighted by Gasteiger charge is 2.74. The third kappa shape index (κ3) is 2.29. The van der Waals surface area contributed by atoms with Gasteiger partial charge >= 0.3 is 0 Å². The maximum absolute atomic E-state index is 13.9. The third-order valence-corrected chi connectivity index (χ3v) is 8.48. The molecule has 0 aliphatic carbocycles. The van der Waals surface area contributed by atoms with Gasteiger partial charge in [0, 0.05) is 11.6 Å². The van der Waals surface area contributed by atoms with E-state index in [9.17, 15) is 14.4 Å². The van der Waals surface area contributed by atoms with Crippen molar-refractivity contribution in [1.82, 2.24) is 4.90 Å². The molecule has 6 nitrogen and oxygen atoms in total. The number of nitrogens with zero attached hydrogens (tertiary/aromatic N) is 2. The molecule has 164 valence electrons. The minimum atomic E-state index is -1.27. The van der Waals surface area contributed by atoms with Crippen LogP contribution in [-0.2, 0) is 19.9 Å². The van der Waals surface area contributed by atoms with Crippen molar-refractivity contribution in [2.75, 3.05) is 16.8 Å². The number of carbonyl (C=O) groups is 3. The summed E-state index contributed by atoms with van der Waals surface area (Å²) in [5.74, 6) is -2.58. The molecule has 0 unspecified atom stereocenters. The molecule has 1 spiro atoms. The Morgan fingerprint density at radius 3 is 2.62 bits per heavy atom. The summed E-state index contributed by atoms with van der Waals surface area (Å²) < 4.78 is 0. The van der Waals surface area contributed by atoms with Gasteiger partial charge in [-0.3, -0.25) is 19.3 Å². The van der Waals surface area contributed by atoms with Crippen molar-refractivity contribution in [3.05, 3.63) is 56.5 Å². The number of nitrogens with one attached hydrogen (secondary N) is 1. The molecule has 4 atom stereocenters. The molecule has 3 amide bonds. The second-order valence-electron chi connectivity index (χ2n) is 8.88. The van der Waals surface area contributed by atoms with E-state index in [2.05, 4.69) is 10.2 Å². The average molecular weight is 491 g/mol. The number of fused-ring (bicyclic) bond motifs is 7. The van der Waals surface area contributed by atoms with Crippen molar-refractivity contribution in [2.24, 2.45) is 11.8 Å². The first-order valence-corrected chi connectivity index (χ1v) is 11.6. The Hall–Kier alpha value is -2.12. The Bertz CT molecular complexity index is 1250. The first kappa shape index (κ1) is 20.5. The van der Waals surface area contributed by atoms with Crippen molar-refractivity contribution in [1.29, 1.82) is 0 Å². The predicted molar refractivity (Wildman–Crippen MR) is 122 cm³/mol. The Balaban J connectivity index is 1.59. The van der Waals surface area contributed by atoms with Crippen molar-refractivity contribution in [3.63, 3.8) is 0 Å². The molecule has 4 heterocycles. The Labute approximate surface area is 199 Å². The van der Waals surface area contributed by atoms with Crippen LogP contribution in [0, 0.1) is 18.8 Å². The molecule has 0 radical (unpaired) electrons. The van der Waals surface area contributed by atoms with Gasteiger partial charge in [-0.15, -0.1) is 0 Å². The lowest BCUT2D eigenvalue weighted by atomic mass is 9.75. The summed E-state index contributed by atoms with van der Waals surface area (Å²) in [4.78, 5) is 44.5. The van der Waals surface area contributed by atoms with Crippen molar-refractivity contribution in [3.8, 4) is 0 Å². The molecule has 0 saturated carbocycles. The van der Waals surface area contributed by atoms with Gasteiger partial charge in [-0.1, -0.05) is 46.9 Å². The zero-order chi connectivity index (χ0) is 22.5. The summed E-state index contributed by atoms with van der Waals surface area (Å²) in [6, 6.07) is 8.34. The van der Waals surface area contributed by atoms with Crippen LogP contribution in [0.15, 0.2) is 30.3 Å². The smallest absolute Gasteiger partial charge is 0.250 e. The van der Waals surface area contributed by atoms with E-state index in [-0.39, 0.29) is 33.6 Å². The SMILES string of the molecule is Cc1cc(Cl)c2c(c1)[C@]1(C(=O)N2)[C@@H]2C(=O)N(c3cccc(Cl)c3Cl)C(=O)[C@H]2[C@@H]2CCCN21. The fraction of sp³-hybridized carbons (Fsp3) is 0.348. The number of anilines is 2. The summed E-state index contributed by atoms with van der Waals surface area (Å²) in [6.07, 6.45) is 1.58. The number of benzene rings is 2. The van der Waals surface area contributed by atoms with E-state index >= 15 is 0 Å². The van der Waals surface area contributed by atoms with Crippen LogP contribution in [0.4, 0.5) is 11.4 Å². The maximum Gasteiger partial charge on any atom is 0.250 e. The van der Waals surface area contributed by atoms with Crippen molar-refractivity contribution >= 4 is 63.9 Å². The Morgan fingerprint density at radius 2 is 1.84 bits per heavy atom. The van der Waals surface area contributed by atoms with Crippen LogP contribution in [0.2, 0.25) is 15.1 Å². The largest absolute Gasteiger partial charge is 0.323 e. The molecule has 6 rings (SSSR count). The maximum atomic E-state index is 13.9. The van der Waals surface area contributed by atoms with Gasteiger partial charge in [0.05, 0.1) is 38.3 Å². The van der Waals surface area contributed by atoms with Crippen molar-refractivity contribution in [2.45, 2.75) is 31.3 Å². The van der Waals surface area contributed by atoms with Crippen LogP contribution in [0.1, 0.15) is 24.0 Å². The Morgan fingerprint density at radius 1 is 1.06 bits per heavy atom. The van der Waals surface area contributed by atoms with E-state index in [4.69, 9.17) is 34.8 Å². The minimum absolute atomic E-state index is 0.142. The summed E-state index contributed by atoms with van der Waals surface area (Å²) >= 11 is 19.1. The first-order chi connectivity index (χ1) is 15.3. The van der Waals surface area contributed by atoms with Gasteiger partial charge in [0.1, 0.15) is 5.54 Å². The highest BCUT2D eigenvalue weighted by Crippen LogP contribution is 2.61. The zero-order valence-corrected chi connectivity index (χ0v) is 19.3. The standard InChI is InChI=1S/C23H18Cl3N3O3/c1-10-8-11-19(13(25)9-10)27-22(32)23(11)17-16(14-6-3-7-28(14)23)20(30)29(21(17)31)15-5-2-4-12(24)18(15)26/h2,4-5,8-9,14,16-17H,3,6-7H2,1H3,(H,27,32)/t14-,16-,17-,23+/m0/s1. The lowest BCUT2D eigenvalue weighted by Crippen LogP contribution is -2.54.